The molecule has 2 saturated heterocycles. The maximum Gasteiger partial charge on any atom is 0.253 e. The van der Waals surface area contributed by atoms with Gasteiger partial charge in [-0.2, -0.15) is 0 Å². The molecular weight excluding hydrogens is 458 g/mol. The summed E-state index contributed by atoms with van der Waals surface area (Å²) in [6.07, 6.45) is 3.33. The molecule has 8 nitrogen and oxygen atoms in total. The van der Waals surface area contributed by atoms with Crippen molar-refractivity contribution >= 4 is 46.8 Å². The summed E-state index contributed by atoms with van der Waals surface area (Å²) in [5.41, 5.74) is 2.16. The zero-order valence-corrected chi connectivity index (χ0v) is 19.5. The average molecular weight is 484 g/mol. The molecule has 34 heavy (non-hydrogen) atoms. The molecule has 0 spiro atoms. The van der Waals surface area contributed by atoms with Crippen LogP contribution in [0.25, 0.3) is 6.08 Å². The number of nitrogens with one attached hydrogen (secondary N) is 1. The van der Waals surface area contributed by atoms with Crippen LogP contribution in [0.2, 0.25) is 5.02 Å². The van der Waals surface area contributed by atoms with Crippen molar-refractivity contribution < 1.29 is 23.9 Å². The topological polar surface area (TPSA) is 88.2 Å². The standard InChI is InChI=1S/C25H26ClN3O5/c1-33-21-14-22(29(15-21)23(30)11-4-17-2-5-18(26)6-3-17)25(32)27-19-7-9-20(10-8-19)28-12-13-34-16-24(28)31/h2-11,21-22H,12-16H2,1H3,(H,27,32)/t21-,22-/m1/s1. The Kier molecular flexibility index (Phi) is 7.62. The summed E-state index contributed by atoms with van der Waals surface area (Å²) in [5.74, 6) is -0.653. The predicted octanol–water partition coefficient (Wildman–Crippen LogP) is 2.97. The molecule has 0 unspecified atom stereocenters. The zero-order valence-electron chi connectivity index (χ0n) is 18.8. The lowest BCUT2D eigenvalue weighted by molar-refractivity contribution is -0.132. The van der Waals surface area contributed by atoms with Gasteiger partial charge in [-0.1, -0.05) is 23.7 Å². The Bertz CT molecular complexity index is 1070. The minimum atomic E-state index is -0.659. The maximum absolute atomic E-state index is 13.1. The van der Waals surface area contributed by atoms with Crippen LogP contribution < -0.4 is 10.2 Å². The molecule has 2 aromatic carbocycles. The molecule has 0 aliphatic carbocycles. The number of likely N-dealkylation sites (tertiary alicyclic amines) is 1. The molecular formula is C25H26ClN3O5. The van der Waals surface area contributed by atoms with Crippen LogP contribution >= 0.6 is 11.6 Å². The van der Waals surface area contributed by atoms with Crippen molar-refractivity contribution in [1.82, 2.24) is 4.90 Å². The highest BCUT2D eigenvalue weighted by Gasteiger charge is 2.39. The monoisotopic (exact) mass is 483 g/mol. The molecule has 2 heterocycles. The van der Waals surface area contributed by atoms with Crippen molar-refractivity contribution in [3.63, 3.8) is 0 Å². The van der Waals surface area contributed by atoms with Crippen molar-refractivity contribution in [2.24, 2.45) is 0 Å². The van der Waals surface area contributed by atoms with Gasteiger partial charge in [-0.25, -0.2) is 0 Å². The van der Waals surface area contributed by atoms with E-state index in [1.165, 1.54) is 11.0 Å². The summed E-state index contributed by atoms with van der Waals surface area (Å²) in [6.45, 7) is 1.38. The van der Waals surface area contributed by atoms with Gasteiger partial charge in [0.15, 0.2) is 0 Å². The summed E-state index contributed by atoms with van der Waals surface area (Å²) >= 11 is 5.91. The number of halogens is 1. The van der Waals surface area contributed by atoms with Gasteiger partial charge in [0.1, 0.15) is 12.6 Å². The molecule has 9 heteroatoms. The lowest BCUT2D eigenvalue weighted by Crippen LogP contribution is -2.42. The first kappa shape index (κ1) is 23.9. The molecule has 2 aromatic rings. The first-order valence-electron chi connectivity index (χ1n) is 11.0. The third kappa shape index (κ3) is 5.64. The van der Waals surface area contributed by atoms with Gasteiger partial charge in [-0.05, 0) is 48.0 Å². The number of methoxy groups -OCH3 is 1. The molecule has 178 valence electrons. The summed E-state index contributed by atoms with van der Waals surface area (Å²) < 4.78 is 10.6. The van der Waals surface area contributed by atoms with E-state index in [0.717, 1.165) is 11.3 Å². The number of anilines is 2. The van der Waals surface area contributed by atoms with E-state index in [1.807, 2.05) is 12.1 Å². The largest absolute Gasteiger partial charge is 0.380 e. The van der Waals surface area contributed by atoms with Crippen molar-refractivity contribution in [3.05, 3.63) is 65.2 Å². The minimum absolute atomic E-state index is 0.0666. The second-order valence-electron chi connectivity index (χ2n) is 8.12. The Labute approximate surface area is 203 Å². The van der Waals surface area contributed by atoms with E-state index in [2.05, 4.69) is 5.32 Å². The highest BCUT2D eigenvalue weighted by molar-refractivity contribution is 6.30. The lowest BCUT2D eigenvalue weighted by Gasteiger charge is -2.27. The fraction of sp³-hybridized carbons (Fsp3) is 0.320. The molecule has 2 fully saturated rings. The molecule has 2 aliphatic heterocycles. The SMILES string of the molecule is CO[C@@H]1C[C@H](C(=O)Nc2ccc(N3CCOCC3=O)cc2)N(C(=O)C=Cc2ccc(Cl)cc2)C1. The normalized spacial score (nSPS) is 20.7. The Morgan fingerprint density at radius 2 is 1.88 bits per heavy atom. The second kappa shape index (κ2) is 10.8. The van der Waals surface area contributed by atoms with Crippen molar-refractivity contribution in [2.75, 3.05) is 43.6 Å². The number of amides is 3. The number of carbonyl (C=O) groups excluding carboxylic acids is 3. The van der Waals surface area contributed by atoms with Crippen LogP contribution in [-0.4, -0.2) is 68.2 Å². The van der Waals surface area contributed by atoms with E-state index in [0.29, 0.717) is 36.8 Å². The van der Waals surface area contributed by atoms with Gasteiger partial charge in [0.2, 0.25) is 11.8 Å². The minimum Gasteiger partial charge on any atom is -0.380 e. The molecule has 0 saturated carbocycles. The van der Waals surface area contributed by atoms with E-state index < -0.39 is 6.04 Å². The van der Waals surface area contributed by atoms with Crippen LogP contribution in [0.5, 0.6) is 0 Å². The molecule has 1 N–H and O–H groups in total. The summed E-state index contributed by atoms with van der Waals surface area (Å²) in [4.78, 5) is 41.2. The van der Waals surface area contributed by atoms with Crippen LogP contribution in [0.15, 0.2) is 54.6 Å². The van der Waals surface area contributed by atoms with Gasteiger partial charge in [0.25, 0.3) is 5.91 Å². The second-order valence-corrected chi connectivity index (χ2v) is 8.56. The smallest absolute Gasteiger partial charge is 0.253 e. The molecule has 0 bridgehead atoms. The van der Waals surface area contributed by atoms with Gasteiger partial charge < -0.3 is 24.6 Å². The number of morpholine rings is 1. The van der Waals surface area contributed by atoms with Crippen LogP contribution in [0.3, 0.4) is 0 Å². The average Bonchev–Trinajstić information content (AvgIpc) is 3.29. The quantitative estimate of drug-likeness (QED) is 0.638. The number of nitrogens with zero attached hydrogens (tertiary/aromatic N) is 2. The van der Waals surface area contributed by atoms with Crippen molar-refractivity contribution in [3.8, 4) is 0 Å². The fourth-order valence-corrected chi connectivity index (χ4v) is 4.16. The van der Waals surface area contributed by atoms with Gasteiger partial charge in [-0.15, -0.1) is 0 Å². The molecule has 3 amide bonds. The summed E-state index contributed by atoms with van der Waals surface area (Å²) in [5, 5.41) is 3.50. The summed E-state index contributed by atoms with van der Waals surface area (Å²) in [6, 6.07) is 13.5. The van der Waals surface area contributed by atoms with E-state index in [4.69, 9.17) is 21.1 Å². The molecule has 2 atom stereocenters. The predicted molar refractivity (Wildman–Crippen MR) is 130 cm³/mol. The van der Waals surface area contributed by atoms with E-state index in [9.17, 15) is 14.4 Å². The number of hydrogen-bond acceptors (Lipinski definition) is 5. The molecule has 0 radical (unpaired) electrons. The first-order valence-corrected chi connectivity index (χ1v) is 11.4. The highest BCUT2D eigenvalue weighted by atomic mass is 35.5. The Morgan fingerprint density at radius 3 is 2.56 bits per heavy atom. The number of hydrogen-bond donors (Lipinski definition) is 1. The van der Waals surface area contributed by atoms with Crippen molar-refractivity contribution in [2.45, 2.75) is 18.6 Å². The third-order valence-electron chi connectivity index (χ3n) is 5.90. The van der Waals surface area contributed by atoms with Gasteiger partial charge in [-0.3, -0.25) is 14.4 Å². The first-order chi connectivity index (χ1) is 16.4. The van der Waals surface area contributed by atoms with Gasteiger partial charge >= 0.3 is 0 Å². The van der Waals surface area contributed by atoms with Gasteiger partial charge in [0.05, 0.1) is 12.7 Å². The Morgan fingerprint density at radius 1 is 1.15 bits per heavy atom. The van der Waals surface area contributed by atoms with Gasteiger partial charge in [0, 0.05) is 49.1 Å². The summed E-state index contributed by atoms with van der Waals surface area (Å²) in [7, 11) is 1.57. The van der Waals surface area contributed by atoms with Crippen LogP contribution in [-0.2, 0) is 23.9 Å². The fourth-order valence-electron chi connectivity index (χ4n) is 4.04. The van der Waals surface area contributed by atoms with Crippen LogP contribution in [0.1, 0.15) is 12.0 Å². The highest BCUT2D eigenvalue weighted by Crippen LogP contribution is 2.24. The molecule has 4 rings (SSSR count). The Hall–Kier alpha value is -3.20. The zero-order chi connectivity index (χ0) is 24.1. The number of carbonyl (C=O) groups is 3. The Balaban J connectivity index is 1.42. The molecule has 2 aliphatic rings. The van der Waals surface area contributed by atoms with Crippen LogP contribution in [0.4, 0.5) is 11.4 Å². The molecule has 0 aromatic heterocycles. The number of ether oxygens (including phenoxy) is 2. The van der Waals surface area contributed by atoms with Crippen LogP contribution in [0, 0.1) is 0 Å². The van der Waals surface area contributed by atoms with E-state index in [-0.39, 0.29) is 30.4 Å². The van der Waals surface area contributed by atoms with E-state index >= 15 is 0 Å². The third-order valence-corrected chi connectivity index (χ3v) is 6.15. The number of benzene rings is 2. The van der Waals surface area contributed by atoms with Crippen molar-refractivity contribution in [1.29, 1.82) is 0 Å². The van der Waals surface area contributed by atoms with E-state index in [1.54, 1.807) is 54.5 Å². The maximum atomic E-state index is 13.1. The number of rotatable bonds is 6. The lowest BCUT2D eigenvalue weighted by atomic mass is 10.1.